The van der Waals surface area contributed by atoms with Crippen molar-refractivity contribution in [3.05, 3.63) is 29.8 Å². The number of ether oxygens (including phenoxy) is 1. The second-order valence-corrected chi connectivity index (χ2v) is 5.83. The Kier molecular flexibility index (Phi) is 4.69. The van der Waals surface area contributed by atoms with Gasteiger partial charge in [0, 0.05) is 5.69 Å². The average Bonchev–Trinajstić information content (AvgIpc) is 2.44. The molecule has 1 saturated carbocycles. The summed E-state index contributed by atoms with van der Waals surface area (Å²) in [4.78, 5) is 12.5. The van der Waals surface area contributed by atoms with E-state index in [1.54, 1.807) is 0 Å². The van der Waals surface area contributed by atoms with Crippen LogP contribution in [0.3, 0.4) is 0 Å². The summed E-state index contributed by atoms with van der Waals surface area (Å²) in [5.74, 6) is 0.185. The largest absolute Gasteiger partial charge is 0.464 e. The lowest BCUT2D eigenvalue weighted by atomic mass is 9.73. The molecule has 3 heteroatoms. The molecule has 0 radical (unpaired) electrons. The molecule has 3 nitrogen and oxygen atoms in total. The molecule has 1 aliphatic rings. The number of rotatable bonds is 4. The maximum Gasteiger partial charge on any atom is 0.332 e. The summed E-state index contributed by atoms with van der Waals surface area (Å²) in [6.07, 6.45) is 4.18. The fourth-order valence-corrected chi connectivity index (χ4v) is 3.04. The van der Waals surface area contributed by atoms with E-state index < -0.39 is 5.54 Å². The molecule has 110 valence electrons. The number of hydrogen-bond donors (Lipinski definition) is 1. The highest BCUT2D eigenvalue weighted by Gasteiger charge is 2.46. The van der Waals surface area contributed by atoms with E-state index in [1.165, 1.54) is 12.0 Å². The van der Waals surface area contributed by atoms with Crippen LogP contribution in [0.25, 0.3) is 0 Å². The Hall–Kier alpha value is -1.51. The minimum absolute atomic E-state index is 0.104. The molecule has 0 spiro atoms. The SMILES string of the molecule is CCOC(=O)C1(Nc2ccc(C)cc2)CCCCC1C. The molecule has 0 aromatic heterocycles. The first-order chi connectivity index (χ1) is 9.58. The van der Waals surface area contributed by atoms with Gasteiger partial charge in [0.15, 0.2) is 0 Å². The molecule has 0 amide bonds. The van der Waals surface area contributed by atoms with Gasteiger partial charge >= 0.3 is 5.97 Å². The first-order valence-electron chi connectivity index (χ1n) is 7.60. The lowest BCUT2D eigenvalue weighted by Crippen LogP contribution is -2.54. The molecule has 1 aliphatic carbocycles. The van der Waals surface area contributed by atoms with Crippen LogP contribution < -0.4 is 5.32 Å². The third kappa shape index (κ3) is 2.97. The van der Waals surface area contributed by atoms with E-state index in [0.29, 0.717) is 6.61 Å². The van der Waals surface area contributed by atoms with Crippen molar-refractivity contribution in [2.24, 2.45) is 5.92 Å². The van der Waals surface area contributed by atoms with Crippen molar-refractivity contribution in [3.8, 4) is 0 Å². The van der Waals surface area contributed by atoms with Crippen molar-refractivity contribution in [2.75, 3.05) is 11.9 Å². The molecular formula is C17H25NO2. The van der Waals surface area contributed by atoms with Crippen LogP contribution in [0.2, 0.25) is 0 Å². The summed E-state index contributed by atoms with van der Waals surface area (Å²) >= 11 is 0. The van der Waals surface area contributed by atoms with Gasteiger partial charge in [-0.3, -0.25) is 0 Å². The zero-order valence-corrected chi connectivity index (χ0v) is 12.7. The number of anilines is 1. The highest BCUT2D eigenvalue weighted by atomic mass is 16.5. The molecule has 0 saturated heterocycles. The molecule has 2 atom stereocenters. The van der Waals surface area contributed by atoms with Crippen LogP contribution in [0.1, 0.15) is 45.1 Å². The van der Waals surface area contributed by atoms with Crippen LogP contribution in [-0.2, 0) is 9.53 Å². The zero-order valence-electron chi connectivity index (χ0n) is 12.7. The third-order valence-corrected chi connectivity index (χ3v) is 4.36. The van der Waals surface area contributed by atoms with E-state index in [9.17, 15) is 4.79 Å². The topological polar surface area (TPSA) is 38.3 Å². The Balaban J connectivity index is 2.26. The highest BCUT2D eigenvalue weighted by Crippen LogP contribution is 2.37. The maximum atomic E-state index is 12.5. The van der Waals surface area contributed by atoms with Crippen molar-refractivity contribution in [1.29, 1.82) is 0 Å². The predicted molar refractivity (Wildman–Crippen MR) is 81.8 cm³/mol. The number of esters is 1. The Morgan fingerprint density at radius 2 is 2.05 bits per heavy atom. The number of hydrogen-bond acceptors (Lipinski definition) is 3. The second kappa shape index (κ2) is 6.29. The van der Waals surface area contributed by atoms with E-state index in [4.69, 9.17) is 4.74 Å². The van der Waals surface area contributed by atoms with Gasteiger partial charge in [-0.25, -0.2) is 4.79 Å². The van der Waals surface area contributed by atoms with Crippen molar-refractivity contribution in [3.63, 3.8) is 0 Å². The van der Waals surface area contributed by atoms with Crippen molar-refractivity contribution in [1.82, 2.24) is 0 Å². The van der Waals surface area contributed by atoms with Crippen LogP contribution in [0, 0.1) is 12.8 Å². The molecule has 1 aromatic rings. The highest BCUT2D eigenvalue weighted by molar-refractivity contribution is 5.85. The molecule has 0 aliphatic heterocycles. The molecule has 2 rings (SSSR count). The Morgan fingerprint density at radius 3 is 2.65 bits per heavy atom. The van der Waals surface area contributed by atoms with Crippen molar-refractivity contribution in [2.45, 2.75) is 52.0 Å². The standard InChI is InChI=1S/C17H25NO2/c1-4-20-16(19)17(12-6-5-7-14(17)3)18-15-10-8-13(2)9-11-15/h8-11,14,18H,4-7,12H2,1-3H3. The normalized spacial score (nSPS) is 26.1. The number of benzene rings is 1. The zero-order chi connectivity index (χ0) is 14.6. The smallest absolute Gasteiger partial charge is 0.332 e. The lowest BCUT2D eigenvalue weighted by molar-refractivity contribution is -0.151. The number of carbonyl (C=O) groups excluding carboxylic acids is 1. The van der Waals surface area contributed by atoms with E-state index >= 15 is 0 Å². The first kappa shape index (κ1) is 14.9. The fraction of sp³-hybridized carbons (Fsp3) is 0.588. The van der Waals surface area contributed by atoms with Crippen LogP contribution >= 0.6 is 0 Å². The second-order valence-electron chi connectivity index (χ2n) is 5.83. The van der Waals surface area contributed by atoms with Gasteiger partial charge in [-0.1, -0.05) is 37.5 Å². The molecule has 0 bridgehead atoms. The van der Waals surface area contributed by atoms with Gasteiger partial charge in [0.1, 0.15) is 5.54 Å². The van der Waals surface area contributed by atoms with Gasteiger partial charge < -0.3 is 10.1 Å². The molecule has 1 N–H and O–H groups in total. The minimum Gasteiger partial charge on any atom is -0.464 e. The predicted octanol–water partition coefficient (Wildman–Crippen LogP) is 3.92. The summed E-state index contributed by atoms with van der Waals surface area (Å²) in [5.41, 5.74) is 1.65. The first-order valence-corrected chi connectivity index (χ1v) is 7.60. The molecular weight excluding hydrogens is 250 g/mol. The van der Waals surface area contributed by atoms with Gasteiger partial charge in [-0.05, 0) is 44.7 Å². The molecule has 1 aromatic carbocycles. The number of aryl methyl sites for hydroxylation is 1. The van der Waals surface area contributed by atoms with Crippen molar-refractivity contribution < 1.29 is 9.53 Å². The van der Waals surface area contributed by atoms with Gasteiger partial charge in [-0.15, -0.1) is 0 Å². The monoisotopic (exact) mass is 275 g/mol. The van der Waals surface area contributed by atoms with E-state index in [1.807, 2.05) is 19.1 Å². The molecule has 0 heterocycles. The Morgan fingerprint density at radius 1 is 1.35 bits per heavy atom. The van der Waals surface area contributed by atoms with E-state index in [2.05, 4.69) is 31.3 Å². The average molecular weight is 275 g/mol. The van der Waals surface area contributed by atoms with Crippen LogP contribution in [0.4, 0.5) is 5.69 Å². The molecule has 2 unspecified atom stereocenters. The molecule has 1 fully saturated rings. The summed E-state index contributed by atoms with van der Waals surface area (Å²) in [7, 11) is 0. The quantitative estimate of drug-likeness (QED) is 0.846. The van der Waals surface area contributed by atoms with Gasteiger partial charge in [-0.2, -0.15) is 0 Å². The van der Waals surface area contributed by atoms with E-state index in [0.717, 1.165) is 24.9 Å². The number of carbonyl (C=O) groups is 1. The van der Waals surface area contributed by atoms with Crippen LogP contribution in [-0.4, -0.2) is 18.1 Å². The van der Waals surface area contributed by atoms with Crippen LogP contribution in [0.15, 0.2) is 24.3 Å². The molecule has 20 heavy (non-hydrogen) atoms. The third-order valence-electron chi connectivity index (χ3n) is 4.36. The van der Waals surface area contributed by atoms with E-state index in [-0.39, 0.29) is 11.9 Å². The summed E-state index contributed by atoms with van der Waals surface area (Å²) in [6, 6.07) is 8.21. The number of nitrogens with one attached hydrogen (secondary N) is 1. The van der Waals surface area contributed by atoms with Gasteiger partial charge in [0.25, 0.3) is 0 Å². The van der Waals surface area contributed by atoms with Crippen molar-refractivity contribution >= 4 is 11.7 Å². The summed E-state index contributed by atoms with van der Waals surface area (Å²) in [6.45, 7) is 6.51. The Labute approximate surface area is 121 Å². The summed E-state index contributed by atoms with van der Waals surface area (Å²) < 4.78 is 5.35. The fourth-order valence-electron chi connectivity index (χ4n) is 3.04. The maximum absolute atomic E-state index is 12.5. The lowest BCUT2D eigenvalue weighted by Gasteiger charge is -2.41. The Bertz CT molecular complexity index is 455. The van der Waals surface area contributed by atoms with Gasteiger partial charge in [0.05, 0.1) is 6.61 Å². The minimum atomic E-state index is -0.566. The summed E-state index contributed by atoms with van der Waals surface area (Å²) in [5, 5.41) is 3.48. The van der Waals surface area contributed by atoms with Gasteiger partial charge in [0.2, 0.25) is 0 Å². The van der Waals surface area contributed by atoms with Crippen LogP contribution in [0.5, 0.6) is 0 Å².